The van der Waals surface area contributed by atoms with Crippen molar-refractivity contribution in [2.45, 2.75) is 19.8 Å². The molecule has 0 aliphatic heterocycles. The smallest absolute Gasteiger partial charge is 0.267 e. The summed E-state index contributed by atoms with van der Waals surface area (Å²) in [5.74, 6) is 0.0305. The van der Waals surface area contributed by atoms with Gasteiger partial charge in [-0.2, -0.15) is 0 Å². The summed E-state index contributed by atoms with van der Waals surface area (Å²) in [6.07, 6.45) is 1.70. The van der Waals surface area contributed by atoms with Gasteiger partial charge in [0.15, 0.2) is 0 Å². The van der Waals surface area contributed by atoms with E-state index in [-0.39, 0.29) is 5.91 Å². The van der Waals surface area contributed by atoms with Gasteiger partial charge in [0, 0.05) is 13.6 Å². The van der Waals surface area contributed by atoms with Crippen molar-refractivity contribution in [1.82, 2.24) is 19.8 Å². The Bertz CT molecular complexity index is 339. The van der Waals surface area contributed by atoms with Crippen LogP contribution in [0.4, 0.5) is 0 Å². The molecule has 1 amide bonds. The molecule has 0 atom stereocenters. The molecule has 0 spiro atoms. The highest BCUT2D eigenvalue weighted by Gasteiger charge is 2.18. The average Bonchev–Trinajstić information content (AvgIpc) is 2.76. The van der Waals surface area contributed by atoms with Crippen molar-refractivity contribution >= 4 is 17.4 Å². The summed E-state index contributed by atoms with van der Waals surface area (Å²) in [6, 6.07) is 0. The van der Waals surface area contributed by atoms with Crippen LogP contribution in [-0.2, 0) is 6.42 Å². The van der Waals surface area contributed by atoms with Crippen LogP contribution in [-0.4, -0.2) is 47.6 Å². The number of amides is 1. The van der Waals surface area contributed by atoms with E-state index in [1.54, 1.807) is 4.90 Å². The molecular formula is C10H18N4OS. The Balaban J connectivity index is 2.56. The first-order valence-corrected chi connectivity index (χ1v) is 6.19. The van der Waals surface area contributed by atoms with Crippen molar-refractivity contribution in [2.75, 3.05) is 27.2 Å². The molecule has 0 aliphatic rings. The molecule has 1 aromatic heterocycles. The molecule has 5 nitrogen and oxygen atoms in total. The van der Waals surface area contributed by atoms with E-state index in [4.69, 9.17) is 0 Å². The second-order valence-corrected chi connectivity index (χ2v) is 4.34. The molecule has 0 saturated carbocycles. The summed E-state index contributed by atoms with van der Waals surface area (Å²) in [5.41, 5.74) is 0.801. The third kappa shape index (κ3) is 3.24. The molecule has 0 bridgehead atoms. The van der Waals surface area contributed by atoms with Crippen molar-refractivity contribution in [1.29, 1.82) is 0 Å². The molecule has 0 aromatic carbocycles. The highest BCUT2D eigenvalue weighted by atomic mass is 32.1. The lowest BCUT2D eigenvalue weighted by atomic mass is 10.2. The Kier molecular flexibility index (Phi) is 5.34. The van der Waals surface area contributed by atoms with E-state index in [0.717, 1.165) is 31.6 Å². The monoisotopic (exact) mass is 242 g/mol. The lowest BCUT2D eigenvalue weighted by Crippen LogP contribution is -2.29. The van der Waals surface area contributed by atoms with Gasteiger partial charge in [0.05, 0.1) is 5.69 Å². The van der Waals surface area contributed by atoms with Crippen LogP contribution in [0.3, 0.4) is 0 Å². The van der Waals surface area contributed by atoms with Gasteiger partial charge in [-0.15, -0.1) is 5.10 Å². The number of aryl methyl sites for hydroxylation is 1. The van der Waals surface area contributed by atoms with Gasteiger partial charge in [-0.3, -0.25) is 4.79 Å². The minimum atomic E-state index is 0.0305. The predicted octanol–water partition coefficient (Wildman–Crippen LogP) is 0.782. The van der Waals surface area contributed by atoms with Gasteiger partial charge in [-0.05, 0) is 38.0 Å². The van der Waals surface area contributed by atoms with Crippen LogP contribution in [0.1, 0.15) is 28.7 Å². The number of hydrogen-bond acceptors (Lipinski definition) is 5. The van der Waals surface area contributed by atoms with Gasteiger partial charge in [-0.25, -0.2) is 0 Å². The van der Waals surface area contributed by atoms with E-state index in [9.17, 15) is 4.79 Å². The highest BCUT2D eigenvalue weighted by molar-refractivity contribution is 7.07. The van der Waals surface area contributed by atoms with Crippen LogP contribution < -0.4 is 5.32 Å². The van der Waals surface area contributed by atoms with Crippen LogP contribution in [0.5, 0.6) is 0 Å². The first-order chi connectivity index (χ1) is 7.70. The molecule has 1 rings (SSSR count). The lowest BCUT2D eigenvalue weighted by Gasteiger charge is -2.16. The maximum Gasteiger partial charge on any atom is 0.267 e. The van der Waals surface area contributed by atoms with Crippen LogP contribution >= 0.6 is 11.5 Å². The third-order valence-electron chi connectivity index (χ3n) is 2.35. The van der Waals surface area contributed by atoms with E-state index in [1.165, 1.54) is 11.5 Å². The average molecular weight is 242 g/mol. The van der Waals surface area contributed by atoms with Crippen molar-refractivity contribution < 1.29 is 4.79 Å². The first kappa shape index (κ1) is 13.1. The standard InChI is InChI=1S/C10H18N4OS/c1-4-8-9(16-13-12-8)10(15)14(3)7-5-6-11-2/h11H,4-7H2,1-3H3. The molecule has 6 heteroatoms. The maximum absolute atomic E-state index is 12.0. The zero-order valence-electron chi connectivity index (χ0n) is 9.99. The van der Waals surface area contributed by atoms with Gasteiger partial charge >= 0.3 is 0 Å². The number of hydrogen-bond donors (Lipinski definition) is 1. The Hall–Kier alpha value is -1.01. The lowest BCUT2D eigenvalue weighted by molar-refractivity contribution is 0.0797. The summed E-state index contributed by atoms with van der Waals surface area (Å²) < 4.78 is 3.82. The third-order valence-corrected chi connectivity index (χ3v) is 3.11. The fourth-order valence-electron chi connectivity index (χ4n) is 1.37. The maximum atomic E-state index is 12.0. The van der Waals surface area contributed by atoms with E-state index >= 15 is 0 Å². The second-order valence-electron chi connectivity index (χ2n) is 3.59. The Morgan fingerprint density at radius 2 is 2.31 bits per heavy atom. The second kappa shape index (κ2) is 6.55. The van der Waals surface area contributed by atoms with E-state index in [2.05, 4.69) is 14.9 Å². The topological polar surface area (TPSA) is 58.1 Å². The fourth-order valence-corrected chi connectivity index (χ4v) is 2.12. The van der Waals surface area contributed by atoms with E-state index < -0.39 is 0 Å². The molecule has 1 heterocycles. The zero-order chi connectivity index (χ0) is 12.0. The van der Waals surface area contributed by atoms with Gasteiger partial charge < -0.3 is 10.2 Å². The van der Waals surface area contributed by atoms with Crippen LogP contribution in [0.25, 0.3) is 0 Å². The quantitative estimate of drug-likeness (QED) is 0.749. The van der Waals surface area contributed by atoms with Crippen molar-refractivity contribution in [3.05, 3.63) is 10.6 Å². The van der Waals surface area contributed by atoms with Crippen LogP contribution in [0.15, 0.2) is 0 Å². The van der Waals surface area contributed by atoms with Gasteiger partial charge in [0.25, 0.3) is 5.91 Å². The van der Waals surface area contributed by atoms with Crippen molar-refractivity contribution in [2.24, 2.45) is 0 Å². The number of carbonyl (C=O) groups is 1. The number of nitrogens with one attached hydrogen (secondary N) is 1. The summed E-state index contributed by atoms with van der Waals surface area (Å²) in [6.45, 7) is 3.65. The van der Waals surface area contributed by atoms with Crippen molar-refractivity contribution in [3.63, 3.8) is 0 Å². The van der Waals surface area contributed by atoms with Gasteiger partial charge in [0.1, 0.15) is 4.88 Å². The Morgan fingerprint density at radius 1 is 1.56 bits per heavy atom. The van der Waals surface area contributed by atoms with Gasteiger partial charge in [0.2, 0.25) is 0 Å². The summed E-state index contributed by atoms with van der Waals surface area (Å²) in [5, 5.41) is 7.00. The number of carbonyl (C=O) groups excluding carboxylic acids is 1. The molecule has 90 valence electrons. The minimum absolute atomic E-state index is 0.0305. The highest BCUT2D eigenvalue weighted by Crippen LogP contribution is 2.13. The Labute approximate surface area is 100 Å². The van der Waals surface area contributed by atoms with E-state index in [0.29, 0.717) is 4.88 Å². The normalized spacial score (nSPS) is 10.4. The molecule has 0 unspecified atom stereocenters. The Morgan fingerprint density at radius 3 is 2.94 bits per heavy atom. The zero-order valence-corrected chi connectivity index (χ0v) is 10.8. The van der Waals surface area contributed by atoms with Crippen LogP contribution in [0, 0.1) is 0 Å². The molecule has 1 N–H and O–H groups in total. The van der Waals surface area contributed by atoms with Crippen molar-refractivity contribution in [3.8, 4) is 0 Å². The SMILES string of the molecule is CCc1nnsc1C(=O)N(C)CCCNC. The number of aromatic nitrogens is 2. The van der Waals surface area contributed by atoms with Crippen LogP contribution in [0.2, 0.25) is 0 Å². The first-order valence-electron chi connectivity index (χ1n) is 5.42. The molecular weight excluding hydrogens is 224 g/mol. The fraction of sp³-hybridized carbons (Fsp3) is 0.700. The summed E-state index contributed by atoms with van der Waals surface area (Å²) >= 11 is 1.18. The molecule has 16 heavy (non-hydrogen) atoms. The number of nitrogens with zero attached hydrogens (tertiary/aromatic N) is 3. The molecule has 0 saturated heterocycles. The van der Waals surface area contributed by atoms with E-state index in [1.807, 2.05) is 21.0 Å². The summed E-state index contributed by atoms with van der Waals surface area (Å²) in [4.78, 5) is 14.4. The molecule has 0 aliphatic carbocycles. The minimum Gasteiger partial charge on any atom is -0.341 e. The largest absolute Gasteiger partial charge is 0.341 e. The number of rotatable bonds is 6. The molecule has 0 fully saturated rings. The molecule has 0 radical (unpaired) electrons. The van der Waals surface area contributed by atoms with Gasteiger partial charge in [-0.1, -0.05) is 11.4 Å². The summed E-state index contributed by atoms with van der Waals surface area (Å²) in [7, 11) is 3.72. The molecule has 1 aromatic rings. The predicted molar refractivity (Wildman–Crippen MR) is 64.8 cm³/mol.